The van der Waals surface area contributed by atoms with E-state index in [1.54, 1.807) is 12.1 Å². The number of hydrogen-bond donors (Lipinski definition) is 2. The second kappa shape index (κ2) is 7.66. The Labute approximate surface area is 106 Å². The van der Waals surface area contributed by atoms with E-state index < -0.39 is 0 Å². The van der Waals surface area contributed by atoms with Gasteiger partial charge in [0.2, 0.25) is 5.91 Å². The van der Waals surface area contributed by atoms with Crippen LogP contribution in [-0.4, -0.2) is 30.7 Å². The fraction of sp³-hybridized carbons (Fsp3) is 0.462. The molecule has 0 saturated heterocycles. The van der Waals surface area contributed by atoms with Gasteiger partial charge in [-0.05, 0) is 37.1 Å². The third kappa shape index (κ3) is 5.14. The lowest BCUT2D eigenvalue weighted by Crippen LogP contribution is -2.29. The lowest BCUT2D eigenvalue weighted by molar-refractivity contribution is -0.117. The number of nitrogens with zero attached hydrogens (tertiary/aromatic N) is 1. The number of amides is 1. The number of carbonyl (C=O) groups is 1. The number of aliphatic hydroxyl groups excluding tert-OH is 1. The van der Waals surface area contributed by atoms with Crippen LogP contribution in [0.3, 0.4) is 0 Å². The first-order chi connectivity index (χ1) is 8.63. The highest BCUT2D eigenvalue weighted by atomic mass is 19.1. The summed E-state index contributed by atoms with van der Waals surface area (Å²) in [7, 11) is 0. The van der Waals surface area contributed by atoms with Crippen LogP contribution in [0, 0.1) is 5.82 Å². The molecule has 0 unspecified atom stereocenters. The van der Waals surface area contributed by atoms with Crippen LogP contribution in [0.1, 0.15) is 19.3 Å². The largest absolute Gasteiger partial charge is 0.396 e. The first-order valence-electron chi connectivity index (χ1n) is 6.03. The van der Waals surface area contributed by atoms with Crippen LogP contribution < -0.4 is 10.6 Å². The molecule has 1 rings (SSSR count). The normalized spacial score (nSPS) is 10.3. The van der Waals surface area contributed by atoms with E-state index in [1.165, 1.54) is 12.1 Å². The number of rotatable bonds is 8. The number of unbranched alkanes of at least 4 members (excludes halogenated alkanes) is 1. The molecule has 0 aliphatic carbocycles. The molecule has 4 nitrogen and oxygen atoms in total. The zero-order valence-corrected chi connectivity index (χ0v) is 10.3. The minimum atomic E-state index is -0.357. The number of aliphatic hydroxyl groups is 1. The van der Waals surface area contributed by atoms with Crippen LogP contribution in [0.25, 0.3) is 0 Å². The maximum Gasteiger partial charge on any atom is 0.219 e. The Hall–Kier alpha value is -1.62. The molecular weight excluding hydrogens is 235 g/mol. The van der Waals surface area contributed by atoms with Gasteiger partial charge in [0, 0.05) is 31.8 Å². The maximum absolute atomic E-state index is 12.8. The maximum atomic E-state index is 12.8. The summed E-state index contributed by atoms with van der Waals surface area (Å²) in [6, 6.07) is 6.13. The molecule has 1 amide bonds. The molecule has 0 aromatic heterocycles. The third-order valence-electron chi connectivity index (χ3n) is 2.66. The standard InChI is InChI=1S/C13H19FN2O2/c14-11-3-5-12(6-4-11)16(8-1-2-10-17)9-7-13(15)18/h3-6,17H,1-2,7-10H2,(H2,15,18). The lowest BCUT2D eigenvalue weighted by atomic mass is 10.2. The van der Waals surface area contributed by atoms with Gasteiger partial charge < -0.3 is 15.7 Å². The highest BCUT2D eigenvalue weighted by Gasteiger charge is 2.07. The van der Waals surface area contributed by atoms with E-state index in [4.69, 9.17) is 10.8 Å². The van der Waals surface area contributed by atoms with Crippen LogP contribution in [-0.2, 0) is 4.79 Å². The predicted octanol–water partition coefficient (Wildman–Crippen LogP) is 1.28. The minimum absolute atomic E-state index is 0.146. The molecule has 3 N–H and O–H groups in total. The van der Waals surface area contributed by atoms with E-state index >= 15 is 0 Å². The minimum Gasteiger partial charge on any atom is -0.396 e. The second-order valence-corrected chi connectivity index (χ2v) is 4.11. The summed E-state index contributed by atoms with van der Waals surface area (Å²) in [5.74, 6) is -0.645. The SMILES string of the molecule is NC(=O)CCN(CCCCO)c1ccc(F)cc1. The fourth-order valence-corrected chi connectivity index (χ4v) is 1.68. The topological polar surface area (TPSA) is 66.6 Å². The molecule has 0 bridgehead atoms. The Morgan fingerprint density at radius 2 is 1.89 bits per heavy atom. The molecule has 5 heteroatoms. The Bertz CT molecular complexity index is 368. The molecular formula is C13H19FN2O2. The molecule has 0 spiro atoms. The van der Waals surface area contributed by atoms with Gasteiger partial charge in [-0.1, -0.05) is 0 Å². The zero-order valence-electron chi connectivity index (χ0n) is 10.3. The molecule has 1 aromatic rings. The summed E-state index contributed by atoms with van der Waals surface area (Å²) in [6.07, 6.45) is 1.78. The van der Waals surface area contributed by atoms with Crippen LogP contribution in [0.15, 0.2) is 24.3 Å². The average molecular weight is 254 g/mol. The van der Waals surface area contributed by atoms with E-state index in [1.807, 2.05) is 4.90 Å². The molecule has 0 radical (unpaired) electrons. The van der Waals surface area contributed by atoms with Crippen LogP contribution in [0.5, 0.6) is 0 Å². The van der Waals surface area contributed by atoms with Crippen molar-refractivity contribution in [1.82, 2.24) is 0 Å². The smallest absolute Gasteiger partial charge is 0.219 e. The highest BCUT2D eigenvalue weighted by molar-refractivity contribution is 5.74. The first-order valence-corrected chi connectivity index (χ1v) is 6.03. The molecule has 0 saturated carbocycles. The molecule has 0 aliphatic heterocycles. The van der Waals surface area contributed by atoms with Crippen molar-refractivity contribution in [3.8, 4) is 0 Å². The molecule has 0 fully saturated rings. The average Bonchev–Trinajstić information content (AvgIpc) is 2.34. The van der Waals surface area contributed by atoms with Crippen molar-refractivity contribution in [2.45, 2.75) is 19.3 Å². The zero-order chi connectivity index (χ0) is 13.4. The van der Waals surface area contributed by atoms with E-state index in [2.05, 4.69) is 0 Å². The Kier molecular flexibility index (Phi) is 6.14. The lowest BCUT2D eigenvalue weighted by Gasteiger charge is -2.24. The number of hydrogen-bond acceptors (Lipinski definition) is 3. The van der Waals surface area contributed by atoms with Crippen molar-refractivity contribution in [3.05, 3.63) is 30.1 Å². The Morgan fingerprint density at radius 1 is 1.22 bits per heavy atom. The number of anilines is 1. The van der Waals surface area contributed by atoms with Crippen LogP contribution in [0.2, 0.25) is 0 Å². The first kappa shape index (κ1) is 14.4. The number of carbonyl (C=O) groups excluding carboxylic acids is 1. The van der Waals surface area contributed by atoms with Gasteiger partial charge in [0.05, 0.1) is 0 Å². The van der Waals surface area contributed by atoms with Crippen LogP contribution >= 0.6 is 0 Å². The number of primary amides is 1. The van der Waals surface area contributed by atoms with Gasteiger partial charge >= 0.3 is 0 Å². The van der Waals surface area contributed by atoms with E-state index in [9.17, 15) is 9.18 Å². The summed E-state index contributed by atoms with van der Waals surface area (Å²) in [4.78, 5) is 12.8. The van der Waals surface area contributed by atoms with Crippen molar-refractivity contribution in [2.75, 3.05) is 24.6 Å². The van der Waals surface area contributed by atoms with Crippen molar-refractivity contribution in [1.29, 1.82) is 0 Å². The molecule has 18 heavy (non-hydrogen) atoms. The summed E-state index contributed by atoms with van der Waals surface area (Å²) in [5.41, 5.74) is 5.99. The van der Waals surface area contributed by atoms with Gasteiger partial charge in [-0.15, -0.1) is 0 Å². The fourth-order valence-electron chi connectivity index (χ4n) is 1.68. The highest BCUT2D eigenvalue weighted by Crippen LogP contribution is 2.15. The summed E-state index contributed by atoms with van der Waals surface area (Å²) < 4.78 is 12.8. The van der Waals surface area contributed by atoms with E-state index in [0.29, 0.717) is 19.5 Å². The van der Waals surface area contributed by atoms with Crippen molar-refractivity contribution in [2.24, 2.45) is 5.73 Å². The van der Waals surface area contributed by atoms with Gasteiger partial charge in [0.15, 0.2) is 0 Å². The van der Waals surface area contributed by atoms with Crippen LogP contribution in [0.4, 0.5) is 10.1 Å². The third-order valence-corrected chi connectivity index (χ3v) is 2.66. The summed E-state index contributed by atoms with van der Waals surface area (Å²) in [5, 5.41) is 8.76. The van der Waals surface area contributed by atoms with E-state index in [0.717, 1.165) is 12.1 Å². The summed E-state index contributed by atoms with van der Waals surface area (Å²) in [6.45, 7) is 1.36. The van der Waals surface area contributed by atoms with Gasteiger partial charge in [-0.3, -0.25) is 4.79 Å². The predicted molar refractivity (Wildman–Crippen MR) is 68.7 cm³/mol. The van der Waals surface area contributed by atoms with Gasteiger partial charge in [0.1, 0.15) is 5.82 Å². The van der Waals surface area contributed by atoms with Crippen molar-refractivity contribution in [3.63, 3.8) is 0 Å². The Morgan fingerprint density at radius 3 is 2.44 bits per heavy atom. The van der Waals surface area contributed by atoms with Crippen molar-refractivity contribution >= 4 is 11.6 Å². The Balaban J connectivity index is 2.62. The number of halogens is 1. The summed E-state index contributed by atoms with van der Waals surface area (Å²) >= 11 is 0. The molecule has 0 atom stereocenters. The van der Waals surface area contributed by atoms with Gasteiger partial charge in [-0.25, -0.2) is 4.39 Å². The quantitative estimate of drug-likeness (QED) is 0.687. The van der Waals surface area contributed by atoms with Gasteiger partial charge in [0.25, 0.3) is 0 Å². The van der Waals surface area contributed by atoms with Gasteiger partial charge in [-0.2, -0.15) is 0 Å². The monoisotopic (exact) mass is 254 g/mol. The number of benzene rings is 1. The molecule has 100 valence electrons. The molecule has 0 aliphatic rings. The number of nitrogens with two attached hydrogens (primary N) is 1. The molecule has 0 heterocycles. The van der Waals surface area contributed by atoms with Crippen molar-refractivity contribution < 1.29 is 14.3 Å². The van der Waals surface area contributed by atoms with E-state index in [-0.39, 0.29) is 24.8 Å². The second-order valence-electron chi connectivity index (χ2n) is 4.11. The molecule has 1 aromatic carbocycles.